The molecule has 3 aromatic carbocycles. The molecule has 1 aliphatic heterocycles. The Bertz CT molecular complexity index is 1400. The van der Waals surface area contributed by atoms with Crippen molar-refractivity contribution in [2.75, 3.05) is 11.5 Å². The summed E-state index contributed by atoms with van der Waals surface area (Å²) in [5.74, 6) is -1.37. The van der Waals surface area contributed by atoms with Crippen LogP contribution in [0.2, 0.25) is 5.02 Å². The molecule has 1 atom stereocenters. The monoisotopic (exact) mass is 521 g/mol. The first-order chi connectivity index (χ1) is 17.6. The summed E-state index contributed by atoms with van der Waals surface area (Å²) < 4.78 is 11.3. The lowest BCUT2D eigenvalue weighted by Crippen LogP contribution is -2.30. The van der Waals surface area contributed by atoms with Crippen molar-refractivity contribution in [2.24, 2.45) is 0 Å². The minimum absolute atomic E-state index is 0.0833. The summed E-state index contributed by atoms with van der Waals surface area (Å²) in [6.07, 6.45) is -0.0947. The molecule has 0 saturated carbocycles. The van der Waals surface area contributed by atoms with Gasteiger partial charge in [0.1, 0.15) is 11.5 Å². The van der Waals surface area contributed by atoms with E-state index in [0.29, 0.717) is 39.8 Å². The molecule has 2 N–H and O–H groups in total. The Morgan fingerprint density at radius 2 is 1.81 bits per heavy atom. The third-order valence-electron chi connectivity index (χ3n) is 6.02. The number of aliphatic hydroxyl groups excluding tert-OH is 1. The number of hydrogen-bond acceptors (Lipinski definition) is 6. The molecule has 4 rings (SSSR count). The van der Waals surface area contributed by atoms with Crippen molar-refractivity contribution in [3.63, 3.8) is 0 Å². The number of ether oxygens (including phenoxy) is 2. The van der Waals surface area contributed by atoms with Gasteiger partial charge in [-0.1, -0.05) is 35.9 Å². The highest BCUT2D eigenvalue weighted by atomic mass is 35.5. The van der Waals surface area contributed by atoms with Gasteiger partial charge in [-0.25, -0.2) is 0 Å². The molecule has 1 aliphatic rings. The average molecular weight is 522 g/mol. The molecule has 0 spiro atoms. The Kier molecular flexibility index (Phi) is 7.45. The smallest absolute Gasteiger partial charge is 0.300 e. The summed E-state index contributed by atoms with van der Waals surface area (Å²) in [5, 5.41) is 22.1. The van der Waals surface area contributed by atoms with Crippen molar-refractivity contribution in [1.29, 1.82) is 0 Å². The first-order valence-electron chi connectivity index (χ1n) is 11.9. The fraction of sp³-hybridized carbons (Fsp3) is 0.241. The number of ketones is 1. The maximum atomic E-state index is 13.5. The SMILES string of the molecule is CCOc1cc(C2/C(=C(\O)c3cccc(OC(C)C)c3)C(=O)C(=O)N2c2cccc(Cl)c2C)ccc1O. The van der Waals surface area contributed by atoms with E-state index in [4.69, 9.17) is 21.1 Å². The van der Waals surface area contributed by atoms with E-state index in [9.17, 15) is 19.8 Å². The quantitative estimate of drug-likeness (QED) is 0.219. The van der Waals surface area contributed by atoms with Crippen molar-refractivity contribution in [3.8, 4) is 17.2 Å². The molecule has 1 saturated heterocycles. The van der Waals surface area contributed by atoms with Gasteiger partial charge in [0, 0.05) is 16.3 Å². The van der Waals surface area contributed by atoms with Crippen LogP contribution in [0.5, 0.6) is 17.2 Å². The van der Waals surface area contributed by atoms with Crippen LogP contribution in [0.25, 0.3) is 5.76 Å². The zero-order chi connectivity index (χ0) is 26.9. The van der Waals surface area contributed by atoms with E-state index in [1.54, 1.807) is 68.4 Å². The van der Waals surface area contributed by atoms with Crippen LogP contribution in [-0.2, 0) is 9.59 Å². The zero-order valence-corrected chi connectivity index (χ0v) is 21.7. The number of carbonyl (C=O) groups excluding carboxylic acids is 2. The molecule has 0 bridgehead atoms. The fourth-order valence-electron chi connectivity index (χ4n) is 4.37. The van der Waals surface area contributed by atoms with E-state index in [0.717, 1.165) is 0 Å². The predicted octanol–water partition coefficient (Wildman–Crippen LogP) is 6.17. The second-order valence-corrected chi connectivity index (χ2v) is 9.31. The van der Waals surface area contributed by atoms with Gasteiger partial charge in [0.2, 0.25) is 0 Å². The summed E-state index contributed by atoms with van der Waals surface area (Å²) in [5.41, 5.74) is 1.73. The van der Waals surface area contributed by atoms with Gasteiger partial charge in [-0.05, 0) is 75.2 Å². The maximum absolute atomic E-state index is 13.5. The van der Waals surface area contributed by atoms with E-state index in [1.165, 1.54) is 11.0 Å². The van der Waals surface area contributed by atoms with Crippen molar-refractivity contribution in [3.05, 3.63) is 87.9 Å². The van der Waals surface area contributed by atoms with Gasteiger partial charge >= 0.3 is 0 Å². The number of amides is 1. The number of nitrogens with zero attached hydrogens (tertiary/aromatic N) is 1. The Balaban J connectivity index is 1.97. The molecule has 3 aromatic rings. The highest BCUT2D eigenvalue weighted by Gasteiger charge is 2.47. The van der Waals surface area contributed by atoms with Crippen LogP contribution in [0.4, 0.5) is 5.69 Å². The van der Waals surface area contributed by atoms with E-state index >= 15 is 0 Å². The normalized spacial score (nSPS) is 16.9. The standard InChI is InChI=1S/C29H28ClNO6/c1-5-36-24-15-18(12-13-23(24)32)26-25(27(33)19-8-6-9-20(14-19)37-16(2)3)28(34)29(35)31(26)22-11-7-10-21(30)17(22)4/h6-16,26,32-33H,5H2,1-4H3/b27-25+. The van der Waals surface area contributed by atoms with Crippen molar-refractivity contribution in [1.82, 2.24) is 0 Å². The van der Waals surface area contributed by atoms with Gasteiger partial charge in [0.25, 0.3) is 11.7 Å². The molecule has 1 unspecified atom stereocenters. The number of phenols is 1. The number of rotatable bonds is 7. The molecular weight excluding hydrogens is 494 g/mol. The fourth-order valence-corrected chi connectivity index (χ4v) is 4.54. The molecule has 192 valence electrons. The van der Waals surface area contributed by atoms with Gasteiger partial charge < -0.3 is 19.7 Å². The minimum atomic E-state index is -1.01. The van der Waals surface area contributed by atoms with Crippen LogP contribution < -0.4 is 14.4 Å². The van der Waals surface area contributed by atoms with Crippen molar-refractivity contribution >= 4 is 34.7 Å². The number of phenolic OH excluding ortho intramolecular Hbond substituents is 1. The number of hydrogen-bond donors (Lipinski definition) is 2. The summed E-state index contributed by atoms with van der Waals surface area (Å²) in [6, 6.07) is 15.4. The lowest BCUT2D eigenvalue weighted by atomic mass is 9.94. The van der Waals surface area contributed by atoms with Gasteiger partial charge in [0.15, 0.2) is 11.5 Å². The van der Waals surface area contributed by atoms with Crippen molar-refractivity contribution in [2.45, 2.75) is 39.8 Å². The Morgan fingerprint density at radius 3 is 2.51 bits per heavy atom. The third kappa shape index (κ3) is 5.00. The second kappa shape index (κ2) is 10.6. The van der Waals surface area contributed by atoms with Crippen LogP contribution in [0, 0.1) is 6.92 Å². The summed E-state index contributed by atoms with van der Waals surface area (Å²) >= 11 is 6.36. The number of carbonyl (C=O) groups is 2. The van der Waals surface area contributed by atoms with Gasteiger partial charge in [-0.3, -0.25) is 14.5 Å². The first-order valence-corrected chi connectivity index (χ1v) is 12.3. The molecule has 1 heterocycles. The second-order valence-electron chi connectivity index (χ2n) is 8.91. The minimum Gasteiger partial charge on any atom is -0.507 e. The summed E-state index contributed by atoms with van der Waals surface area (Å²) in [4.78, 5) is 28.3. The average Bonchev–Trinajstić information content (AvgIpc) is 3.12. The molecule has 0 aliphatic carbocycles. The Morgan fingerprint density at radius 1 is 1.08 bits per heavy atom. The van der Waals surface area contributed by atoms with Crippen molar-refractivity contribution < 1.29 is 29.3 Å². The molecule has 8 heteroatoms. The van der Waals surface area contributed by atoms with Crippen LogP contribution >= 0.6 is 11.6 Å². The lowest BCUT2D eigenvalue weighted by molar-refractivity contribution is -0.132. The Hall–Kier alpha value is -3.97. The predicted molar refractivity (Wildman–Crippen MR) is 142 cm³/mol. The van der Waals surface area contributed by atoms with Gasteiger partial charge in [-0.2, -0.15) is 0 Å². The number of Topliss-reactive ketones (excluding diaryl/α,β-unsaturated/α-hetero) is 1. The molecular formula is C29H28ClNO6. The Labute approximate surface area is 220 Å². The van der Waals surface area contributed by atoms with E-state index in [1.807, 2.05) is 13.8 Å². The van der Waals surface area contributed by atoms with E-state index in [2.05, 4.69) is 0 Å². The topological polar surface area (TPSA) is 96.3 Å². The summed E-state index contributed by atoms with van der Waals surface area (Å²) in [7, 11) is 0. The highest BCUT2D eigenvalue weighted by molar-refractivity contribution is 6.52. The molecule has 37 heavy (non-hydrogen) atoms. The van der Waals surface area contributed by atoms with Crippen LogP contribution in [-0.4, -0.2) is 34.6 Å². The number of halogens is 1. The number of anilines is 1. The zero-order valence-electron chi connectivity index (χ0n) is 21.0. The van der Waals surface area contributed by atoms with Crippen LogP contribution in [0.15, 0.2) is 66.2 Å². The molecule has 0 aromatic heterocycles. The highest BCUT2D eigenvalue weighted by Crippen LogP contribution is 2.45. The molecule has 7 nitrogen and oxygen atoms in total. The first kappa shape index (κ1) is 26.1. The molecule has 1 fully saturated rings. The number of aromatic hydroxyl groups is 1. The molecule has 1 amide bonds. The summed E-state index contributed by atoms with van der Waals surface area (Å²) in [6.45, 7) is 7.59. The molecule has 0 radical (unpaired) electrons. The lowest BCUT2D eigenvalue weighted by Gasteiger charge is -2.27. The van der Waals surface area contributed by atoms with Gasteiger partial charge in [0.05, 0.1) is 24.3 Å². The largest absolute Gasteiger partial charge is 0.507 e. The van der Waals surface area contributed by atoms with E-state index in [-0.39, 0.29) is 28.9 Å². The third-order valence-corrected chi connectivity index (χ3v) is 6.43. The van der Waals surface area contributed by atoms with Crippen LogP contribution in [0.1, 0.15) is 43.5 Å². The number of benzene rings is 3. The maximum Gasteiger partial charge on any atom is 0.300 e. The van der Waals surface area contributed by atoms with Crippen LogP contribution in [0.3, 0.4) is 0 Å². The number of aliphatic hydroxyl groups is 1. The van der Waals surface area contributed by atoms with E-state index < -0.39 is 17.7 Å². The van der Waals surface area contributed by atoms with Gasteiger partial charge in [-0.15, -0.1) is 0 Å².